The monoisotopic (exact) mass is 314 g/mol. The second-order valence-corrected chi connectivity index (χ2v) is 9.38. The highest BCUT2D eigenvalue weighted by molar-refractivity contribution is 5.36. The molecule has 1 aliphatic heterocycles. The van der Waals surface area contributed by atoms with Crippen LogP contribution in [0.15, 0.2) is 23.8 Å². The smallest absolute Gasteiger partial charge is 0.0760 e. The van der Waals surface area contributed by atoms with Crippen molar-refractivity contribution in [3.8, 4) is 0 Å². The van der Waals surface area contributed by atoms with Crippen molar-refractivity contribution in [2.45, 2.75) is 70.5 Å². The molecule has 2 heteroatoms. The van der Waals surface area contributed by atoms with Crippen LogP contribution >= 0.6 is 0 Å². The molecule has 0 amide bonds. The van der Waals surface area contributed by atoms with Gasteiger partial charge in [0.1, 0.15) is 0 Å². The molecule has 1 N–H and O–H groups in total. The van der Waals surface area contributed by atoms with Gasteiger partial charge in [-0.1, -0.05) is 32.1 Å². The topological polar surface area (TPSA) is 29.5 Å². The summed E-state index contributed by atoms with van der Waals surface area (Å²) >= 11 is 0. The third kappa shape index (κ3) is 1.67. The molecule has 0 aromatic heterocycles. The van der Waals surface area contributed by atoms with Crippen LogP contribution in [-0.4, -0.2) is 23.4 Å². The number of allylic oxidation sites excluding steroid dienone is 3. The van der Waals surface area contributed by atoms with Crippen molar-refractivity contribution < 1.29 is 9.84 Å². The molecular formula is C21H30O2. The maximum atomic E-state index is 10.0. The van der Waals surface area contributed by atoms with Gasteiger partial charge in [0.05, 0.1) is 18.3 Å². The lowest BCUT2D eigenvalue weighted by atomic mass is 9.47. The summed E-state index contributed by atoms with van der Waals surface area (Å²) in [6.45, 7) is 5.99. The van der Waals surface area contributed by atoms with E-state index in [1.165, 1.54) is 37.7 Å². The summed E-state index contributed by atoms with van der Waals surface area (Å²) in [5.74, 6) is 2.28. The van der Waals surface area contributed by atoms with E-state index in [1.54, 1.807) is 0 Å². The average molecular weight is 314 g/mol. The highest BCUT2D eigenvalue weighted by atomic mass is 16.5. The molecule has 0 aromatic rings. The largest absolute Gasteiger partial charge is 0.389 e. The lowest BCUT2D eigenvalue weighted by Crippen LogP contribution is -2.58. The van der Waals surface area contributed by atoms with E-state index < -0.39 is 0 Å². The lowest BCUT2D eigenvalue weighted by molar-refractivity contribution is -0.223. The van der Waals surface area contributed by atoms with E-state index in [2.05, 4.69) is 32.1 Å². The summed E-state index contributed by atoms with van der Waals surface area (Å²) in [6.07, 6.45) is 15.4. The molecule has 5 rings (SSSR count). The Morgan fingerprint density at radius 2 is 1.83 bits per heavy atom. The summed E-state index contributed by atoms with van der Waals surface area (Å²) in [6, 6.07) is 0. The van der Waals surface area contributed by atoms with Crippen molar-refractivity contribution >= 4 is 0 Å². The molecule has 7 atom stereocenters. The first kappa shape index (κ1) is 14.7. The van der Waals surface area contributed by atoms with Crippen LogP contribution in [0, 0.1) is 28.6 Å². The molecular weight excluding hydrogens is 284 g/mol. The first-order valence-electron chi connectivity index (χ1n) is 9.71. The zero-order chi connectivity index (χ0) is 15.9. The van der Waals surface area contributed by atoms with Crippen molar-refractivity contribution in [1.29, 1.82) is 0 Å². The van der Waals surface area contributed by atoms with E-state index in [9.17, 15) is 5.11 Å². The van der Waals surface area contributed by atoms with E-state index >= 15 is 0 Å². The minimum Gasteiger partial charge on any atom is -0.389 e. The van der Waals surface area contributed by atoms with Crippen molar-refractivity contribution in [1.82, 2.24) is 0 Å². The van der Waals surface area contributed by atoms with Gasteiger partial charge in [-0.2, -0.15) is 0 Å². The van der Waals surface area contributed by atoms with Crippen molar-refractivity contribution in [2.75, 3.05) is 6.61 Å². The van der Waals surface area contributed by atoms with Crippen molar-refractivity contribution in [2.24, 2.45) is 28.6 Å². The summed E-state index contributed by atoms with van der Waals surface area (Å²) < 4.78 is 6.21. The van der Waals surface area contributed by atoms with Crippen LogP contribution < -0.4 is 0 Å². The maximum absolute atomic E-state index is 10.0. The van der Waals surface area contributed by atoms with Crippen LogP contribution in [0.4, 0.5) is 0 Å². The third-order valence-corrected chi connectivity index (χ3v) is 8.81. The van der Waals surface area contributed by atoms with Gasteiger partial charge in [-0.05, 0) is 67.3 Å². The molecule has 126 valence electrons. The second-order valence-electron chi connectivity index (χ2n) is 9.38. The molecule has 0 radical (unpaired) electrons. The summed E-state index contributed by atoms with van der Waals surface area (Å²) in [7, 11) is 0. The highest BCUT2D eigenvalue weighted by Gasteiger charge is 2.66. The van der Waals surface area contributed by atoms with Crippen LogP contribution in [-0.2, 0) is 4.74 Å². The Labute approximate surface area is 140 Å². The van der Waals surface area contributed by atoms with E-state index in [0.717, 1.165) is 37.2 Å². The minimum atomic E-state index is -0.230. The number of hydrogen-bond acceptors (Lipinski definition) is 2. The molecule has 0 bridgehead atoms. The van der Waals surface area contributed by atoms with Crippen LogP contribution in [0.1, 0.15) is 58.8 Å². The normalized spacial score (nSPS) is 57.3. The number of hydrogen-bond donors (Lipinski definition) is 1. The summed E-state index contributed by atoms with van der Waals surface area (Å²) in [4.78, 5) is 0. The number of aliphatic hydroxyl groups excluding tert-OH is 1. The van der Waals surface area contributed by atoms with Crippen LogP contribution in [0.2, 0.25) is 0 Å². The quantitative estimate of drug-likeness (QED) is 0.724. The van der Waals surface area contributed by atoms with Gasteiger partial charge < -0.3 is 9.84 Å². The molecule has 4 aliphatic carbocycles. The molecule has 3 fully saturated rings. The molecule has 1 heterocycles. The van der Waals surface area contributed by atoms with E-state index in [0.29, 0.717) is 5.41 Å². The molecule has 1 saturated heterocycles. The average Bonchev–Trinajstić information content (AvgIpc) is 2.81. The van der Waals surface area contributed by atoms with Crippen LogP contribution in [0.3, 0.4) is 0 Å². The third-order valence-electron chi connectivity index (χ3n) is 8.81. The van der Waals surface area contributed by atoms with Gasteiger partial charge in [0.2, 0.25) is 0 Å². The van der Waals surface area contributed by atoms with Crippen molar-refractivity contribution in [3.05, 3.63) is 23.8 Å². The fourth-order valence-corrected chi connectivity index (χ4v) is 7.23. The Hall–Kier alpha value is -0.600. The van der Waals surface area contributed by atoms with Gasteiger partial charge in [-0.25, -0.2) is 0 Å². The fraction of sp³-hybridized carbons (Fsp3) is 0.810. The van der Waals surface area contributed by atoms with Gasteiger partial charge in [0.25, 0.3) is 0 Å². The predicted octanol–water partition coefficient (Wildman–Crippen LogP) is 4.25. The highest BCUT2D eigenvalue weighted by Crippen LogP contribution is 2.69. The van der Waals surface area contributed by atoms with Gasteiger partial charge in [-0.15, -0.1) is 0 Å². The predicted molar refractivity (Wildman–Crippen MR) is 90.9 cm³/mol. The minimum absolute atomic E-state index is 0.219. The Morgan fingerprint density at radius 1 is 1.04 bits per heavy atom. The second kappa shape index (κ2) is 4.52. The molecule has 5 aliphatic rings. The first-order valence-corrected chi connectivity index (χ1v) is 9.71. The Kier molecular flexibility index (Phi) is 2.89. The Morgan fingerprint density at radius 3 is 2.57 bits per heavy atom. The van der Waals surface area contributed by atoms with Crippen LogP contribution in [0.25, 0.3) is 0 Å². The molecule has 2 saturated carbocycles. The van der Waals surface area contributed by atoms with E-state index in [1.807, 2.05) is 0 Å². The standard InChI is InChI=1S/C21H30O2/c1-19-8-5-15(22)13-14(19)3-4-16-17(19)6-9-20(2)18(16)7-10-21(20)11-12-23-21/h3-4,13,15-18,22H,5-12H2,1-2H3/t15-,16+,17-,18-,19-,20-,21+/m0/s1. The number of fused-ring (bicyclic) bond motifs is 6. The molecule has 0 unspecified atom stereocenters. The Bertz CT molecular complexity index is 587. The molecule has 2 nitrogen and oxygen atoms in total. The van der Waals surface area contributed by atoms with E-state index in [-0.39, 0.29) is 17.1 Å². The van der Waals surface area contributed by atoms with E-state index in [4.69, 9.17) is 4.74 Å². The molecule has 0 aromatic carbocycles. The number of rotatable bonds is 0. The van der Waals surface area contributed by atoms with Gasteiger partial charge in [-0.3, -0.25) is 0 Å². The summed E-state index contributed by atoms with van der Waals surface area (Å²) in [5.41, 5.74) is 2.31. The number of aliphatic hydroxyl groups is 1. The van der Waals surface area contributed by atoms with Gasteiger partial charge in [0, 0.05) is 11.8 Å². The van der Waals surface area contributed by atoms with Crippen molar-refractivity contribution in [3.63, 3.8) is 0 Å². The molecule has 23 heavy (non-hydrogen) atoms. The molecule has 1 spiro atoms. The summed E-state index contributed by atoms with van der Waals surface area (Å²) in [5, 5.41) is 10.0. The lowest BCUT2D eigenvalue weighted by Gasteiger charge is -2.60. The van der Waals surface area contributed by atoms with Gasteiger partial charge >= 0.3 is 0 Å². The zero-order valence-corrected chi connectivity index (χ0v) is 14.6. The number of ether oxygens (including phenoxy) is 1. The Balaban J connectivity index is 1.54. The fourth-order valence-electron chi connectivity index (χ4n) is 7.23. The van der Waals surface area contributed by atoms with Gasteiger partial charge in [0.15, 0.2) is 0 Å². The van der Waals surface area contributed by atoms with Crippen LogP contribution in [0.5, 0.6) is 0 Å². The maximum Gasteiger partial charge on any atom is 0.0760 e. The first-order chi connectivity index (χ1) is 11.0. The SMILES string of the molecule is C[C@]12CC[C@H](O)C=C1C=C[C@@H]1[C@@H]2CC[C@@]2(C)[C@H]1CC[C@@]21CCO1. The zero-order valence-electron chi connectivity index (χ0n) is 14.6.